The number of amides is 1. The number of aryl methyl sites for hydroxylation is 1. The number of nitrogens with one attached hydrogen (secondary N) is 1. The molecule has 2 N–H and O–H groups in total. The predicted molar refractivity (Wildman–Crippen MR) is 122 cm³/mol. The van der Waals surface area contributed by atoms with E-state index >= 15 is 0 Å². The number of carbonyl (C=O) groups excluding carboxylic acids is 1. The normalized spacial score (nSPS) is 14.5. The molecule has 164 valence electrons. The molecule has 3 aromatic rings. The molecule has 0 saturated carbocycles. The number of nitrogens with zero attached hydrogens (tertiary/aromatic N) is 1. The second kappa shape index (κ2) is 8.29. The van der Waals surface area contributed by atoms with Gasteiger partial charge in [0.15, 0.2) is 0 Å². The fourth-order valence-corrected chi connectivity index (χ4v) is 5.49. The molecule has 1 amide bonds. The fourth-order valence-electron chi connectivity index (χ4n) is 3.62. The molecule has 1 aliphatic rings. The average Bonchev–Trinajstić information content (AvgIpc) is 2.75. The molecule has 32 heavy (non-hydrogen) atoms. The molecule has 3 aromatic carbocycles. The van der Waals surface area contributed by atoms with Gasteiger partial charge >= 0.3 is 5.97 Å². The van der Waals surface area contributed by atoms with Crippen LogP contribution in [0.3, 0.4) is 0 Å². The van der Waals surface area contributed by atoms with Crippen molar-refractivity contribution in [1.82, 2.24) is 0 Å². The van der Waals surface area contributed by atoms with Gasteiger partial charge in [0.05, 0.1) is 21.8 Å². The van der Waals surface area contributed by atoms with Gasteiger partial charge < -0.3 is 10.4 Å². The standard InChI is InChI=1S/C23H19ClN2O5S/c1-14-2-9-20(19(12-14)23(28)29)25-22(27)16-4-3-15-10-11-26(32(30,31)21(15)13-16)18-7-5-17(24)6-8-18/h2-9,12-13H,10-11H2,1H3,(H,25,27)(H,28,29). The van der Waals surface area contributed by atoms with Gasteiger partial charge in [0.2, 0.25) is 0 Å². The lowest BCUT2D eigenvalue weighted by Gasteiger charge is -2.30. The lowest BCUT2D eigenvalue weighted by atomic mass is 10.1. The van der Waals surface area contributed by atoms with Crippen molar-refractivity contribution in [2.45, 2.75) is 18.2 Å². The summed E-state index contributed by atoms with van der Waals surface area (Å²) in [4.78, 5) is 24.4. The summed E-state index contributed by atoms with van der Waals surface area (Å²) in [5, 5.41) is 12.5. The minimum absolute atomic E-state index is 0.0437. The average molecular weight is 471 g/mol. The summed E-state index contributed by atoms with van der Waals surface area (Å²) in [5.74, 6) is -1.77. The molecule has 0 bridgehead atoms. The predicted octanol–water partition coefficient (Wildman–Crippen LogP) is 4.35. The van der Waals surface area contributed by atoms with Gasteiger partial charge in [0.1, 0.15) is 0 Å². The van der Waals surface area contributed by atoms with Crippen molar-refractivity contribution in [1.29, 1.82) is 0 Å². The Hall–Kier alpha value is -3.36. The van der Waals surface area contributed by atoms with Crippen LogP contribution < -0.4 is 9.62 Å². The maximum Gasteiger partial charge on any atom is 0.337 e. The first-order valence-corrected chi connectivity index (χ1v) is 11.5. The zero-order valence-electron chi connectivity index (χ0n) is 17.0. The molecule has 0 aromatic heterocycles. The number of fused-ring (bicyclic) bond motifs is 1. The zero-order valence-corrected chi connectivity index (χ0v) is 18.6. The first-order chi connectivity index (χ1) is 15.2. The van der Waals surface area contributed by atoms with E-state index in [-0.39, 0.29) is 28.3 Å². The molecule has 4 rings (SSSR count). The number of hydrogen-bond donors (Lipinski definition) is 2. The Kier molecular flexibility index (Phi) is 5.66. The number of aromatic carboxylic acids is 1. The van der Waals surface area contributed by atoms with Gasteiger partial charge in [-0.1, -0.05) is 29.3 Å². The van der Waals surface area contributed by atoms with Crippen LogP contribution in [0.5, 0.6) is 0 Å². The first-order valence-electron chi connectivity index (χ1n) is 9.73. The number of carbonyl (C=O) groups is 2. The number of halogens is 1. The van der Waals surface area contributed by atoms with Gasteiger partial charge in [-0.15, -0.1) is 0 Å². The van der Waals surface area contributed by atoms with E-state index in [4.69, 9.17) is 11.6 Å². The Morgan fingerprint density at radius 3 is 2.44 bits per heavy atom. The minimum Gasteiger partial charge on any atom is -0.478 e. The molecule has 0 unspecified atom stereocenters. The van der Waals surface area contributed by atoms with Crippen LogP contribution >= 0.6 is 11.6 Å². The molecule has 0 aliphatic carbocycles. The van der Waals surface area contributed by atoms with Crippen molar-refractivity contribution >= 4 is 44.9 Å². The van der Waals surface area contributed by atoms with Crippen LogP contribution in [0.1, 0.15) is 31.8 Å². The first kappa shape index (κ1) is 21.9. The Morgan fingerprint density at radius 2 is 1.75 bits per heavy atom. The van der Waals surface area contributed by atoms with E-state index in [0.717, 1.165) is 5.56 Å². The van der Waals surface area contributed by atoms with Crippen LogP contribution in [0.15, 0.2) is 65.6 Å². The van der Waals surface area contributed by atoms with E-state index < -0.39 is 21.9 Å². The SMILES string of the molecule is Cc1ccc(NC(=O)c2ccc3c(c2)S(=O)(=O)N(c2ccc(Cl)cc2)CC3)c(C(=O)O)c1. The molecule has 9 heteroatoms. The lowest BCUT2D eigenvalue weighted by Crippen LogP contribution is -2.37. The molecule has 0 radical (unpaired) electrons. The summed E-state index contributed by atoms with van der Waals surface area (Å²) >= 11 is 5.91. The topological polar surface area (TPSA) is 104 Å². The highest BCUT2D eigenvalue weighted by Crippen LogP contribution is 2.32. The Balaban J connectivity index is 1.67. The van der Waals surface area contributed by atoms with E-state index in [9.17, 15) is 23.1 Å². The number of rotatable bonds is 4. The molecular formula is C23H19ClN2O5S. The van der Waals surface area contributed by atoms with Gasteiger partial charge in [0.25, 0.3) is 15.9 Å². The molecule has 7 nitrogen and oxygen atoms in total. The second-order valence-electron chi connectivity index (χ2n) is 7.43. The quantitative estimate of drug-likeness (QED) is 0.590. The summed E-state index contributed by atoms with van der Waals surface area (Å²) in [5.41, 5.74) is 2.05. The van der Waals surface area contributed by atoms with Crippen molar-refractivity contribution in [2.24, 2.45) is 0 Å². The van der Waals surface area contributed by atoms with Gasteiger partial charge in [-0.2, -0.15) is 0 Å². The van der Waals surface area contributed by atoms with Gasteiger partial charge in [-0.3, -0.25) is 9.10 Å². The third-order valence-electron chi connectivity index (χ3n) is 5.25. The second-order valence-corrected chi connectivity index (χ2v) is 9.70. The lowest BCUT2D eigenvalue weighted by molar-refractivity contribution is 0.0698. The van der Waals surface area contributed by atoms with E-state index in [1.54, 1.807) is 43.3 Å². The van der Waals surface area contributed by atoms with Crippen LogP contribution in [0.25, 0.3) is 0 Å². The number of sulfonamides is 1. The van der Waals surface area contributed by atoms with Crippen molar-refractivity contribution in [2.75, 3.05) is 16.2 Å². The highest BCUT2D eigenvalue weighted by molar-refractivity contribution is 7.93. The summed E-state index contributed by atoms with van der Waals surface area (Å²) in [6, 6.07) is 15.6. The number of benzene rings is 3. The minimum atomic E-state index is -3.89. The monoisotopic (exact) mass is 470 g/mol. The van der Waals surface area contributed by atoms with Crippen molar-refractivity contribution in [3.63, 3.8) is 0 Å². The van der Waals surface area contributed by atoms with E-state index in [1.807, 2.05) is 0 Å². The summed E-state index contributed by atoms with van der Waals surface area (Å²) in [6.45, 7) is 2.02. The van der Waals surface area contributed by atoms with Crippen molar-refractivity contribution < 1.29 is 23.1 Å². The Bertz CT molecular complexity index is 1340. The van der Waals surface area contributed by atoms with Gasteiger partial charge in [0, 0.05) is 17.1 Å². The molecule has 0 saturated heterocycles. The van der Waals surface area contributed by atoms with E-state index in [2.05, 4.69) is 5.32 Å². The molecule has 0 atom stereocenters. The van der Waals surface area contributed by atoms with Gasteiger partial charge in [-0.25, -0.2) is 13.2 Å². The number of carboxylic acid groups (broad SMARTS) is 1. The maximum absolute atomic E-state index is 13.3. The molecule has 1 aliphatic heterocycles. The molecular weight excluding hydrogens is 452 g/mol. The largest absolute Gasteiger partial charge is 0.478 e. The highest BCUT2D eigenvalue weighted by atomic mass is 35.5. The van der Waals surface area contributed by atoms with Crippen LogP contribution in [-0.2, 0) is 16.4 Å². The van der Waals surface area contributed by atoms with Crippen molar-refractivity contribution in [3.8, 4) is 0 Å². The van der Waals surface area contributed by atoms with E-state index in [1.165, 1.54) is 28.6 Å². The third-order valence-corrected chi connectivity index (χ3v) is 7.41. The molecule has 1 heterocycles. The van der Waals surface area contributed by atoms with Crippen LogP contribution in [0, 0.1) is 6.92 Å². The summed E-state index contributed by atoms with van der Waals surface area (Å²) in [6.07, 6.45) is 0.486. The number of anilines is 2. The maximum atomic E-state index is 13.3. The zero-order chi connectivity index (χ0) is 23.0. The number of carboxylic acids is 1. The van der Waals surface area contributed by atoms with Crippen LogP contribution in [-0.4, -0.2) is 31.9 Å². The van der Waals surface area contributed by atoms with E-state index in [0.29, 0.717) is 22.7 Å². The summed E-state index contributed by atoms with van der Waals surface area (Å²) < 4.78 is 27.9. The smallest absolute Gasteiger partial charge is 0.337 e. The molecule has 0 spiro atoms. The van der Waals surface area contributed by atoms with Crippen LogP contribution in [0.4, 0.5) is 11.4 Å². The third kappa shape index (κ3) is 4.06. The highest BCUT2D eigenvalue weighted by Gasteiger charge is 2.32. The Labute approximate surface area is 190 Å². The fraction of sp³-hybridized carbons (Fsp3) is 0.130. The van der Waals surface area contributed by atoms with Gasteiger partial charge in [-0.05, 0) is 67.4 Å². The van der Waals surface area contributed by atoms with Crippen LogP contribution in [0.2, 0.25) is 5.02 Å². The number of hydrogen-bond acceptors (Lipinski definition) is 4. The summed E-state index contributed by atoms with van der Waals surface area (Å²) in [7, 11) is -3.89. The Morgan fingerprint density at radius 1 is 1.03 bits per heavy atom. The van der Waals surface area contributed by atoms with Crippen molar-refractivity contribution in [3.05, 3.63) is 87.9 Å². The molecule has 0 fully saturated rings.